The van der Waals surface area contributed by atoms with Gasteiger partial charge in [0, 0.05) is 48.3 Å². The number of nitrogens with zero attached hydrogens (tertiary/aromatic N) is 5. The van der Waals surface area contributed by atoms with Crippen LogP contribution in [-0.2, 0) is 19.2 Å². The third-order valence-electron chi connectivity index (χ3n) is 12.7. The van der Waals surface area contributed by atoms with Gasteiger partial charge in [-0.05, 0) is 105 Å². The summed E-state index contributed by atoms with van der Waals surface area (Å²) in [6.45, 7) is 3.98. The number of amides is 4. The molecule has 0 radical (unpaired) electrons. The molecule has 1 unspecified atom stereocenters. The molecule has 4 heterocycles. The number of likely N-dealkylation sites (tertiary alicyclic amines) is 2. The number of nitrogens with one attached hydrogen (secondary N) is 4. The van der Waals surface area contributed by atoms with Crippen molar-refractivity contribution in [3.8, 4) is 5.69 Å². The maximum atomic E-state index is 14.1. The molecule has 1 saturated carbocycles. The third kappa shape index (κ3) is 10.9. The molecule has 20 nitrogen and oxygen atoms in total. The zero-order valence-corrected chi connectivity index (χ0v) is 37.9. The molecule has 3 fully saturated rings. The Morgan fingerprint density at radius 3 is 2.13 bits per heavy atom. The van der Waals surface area contributed by atoms with Gasteiger partial charge in [0.25, 0.3) is 23.6 Å². The average Bonchev–Trinajstić information content (AvgIpc) is 4.00. The third-order valence-corrected chi connectivity index (χ3v) is 13.4. The number of aliphatic hydroxyl groups is 4. The van der Waals surface area contributed by atoms with E-state index in [4.69, 9.17) is 22.6 Å². The normalized spacial score (nSPS) is 22.9. The van der Waals surface area contributed by atoms with Crippen LogP contribution in [0.4, 0.5) is 10.8 Å². The van der Waals surface area contributed by atoms with E-state index < -0.39 is 78.3 Å². The first-order chi connectivity index (χ1) is 32.1. The number of rotatable bonds is 19. The Labute approximate surface area is 391 Å². The molecule has 4 amide bonds. The molecule has 356 valence electrons. The molecule has 2 saturated heterocycles. The Morgan fingerprint density at radius 1 is 0.925 bits per heavy atom. The Bertz CT molecular complexity index is 2460. The summed E-state index contributed by atoms with van der Waals surface area (Å²) in [4.78, 5) is 61.0. The van der Waals surface area contributed by atoms with Gasteiger partial charge in [0.1, 0.15) is 0 Å². The maximum absolute atomic E-state index is 14.1. The summed E-state index contributed by atoms with van der Waals surface area (Å²) in [5.41, 5.74) is 21.8. The molecule has 0 bridgehead atoms. The number of fused-ring (bicyclic) bond motifs is 1. The lowest BCUT2D eigenvalue weighted by atomic mass is 10.0. The molecule has 11 atom stereocenters. The predicted molar refractivity (Wildman–Crippen MR) is 250 cm³/mol. The Balaban J connectivity index is 0.946. The molecule has 0 spiro atoms. The van der Waals surface area contributed by atoms with Crippen LogP contribution in [0, 0.1) is 17.2 Å². The summed E-state index contributed by atoms with van der Waals surface area (Å²) in [6.07, 6.45) is 1.57. The molecule has 67 heavy (non-hydrogen) atoms. The first kappa shape index (κ1) is 48.4. The second kappa shape index (κ2) is 21.0. The molecule has 1 aliphatic carbocycles. The van der Waals surface area contributed by atoms with Gasteiger partial charge in [-0.1, -0.05) is 30.3 Å². The van der Waals surface area contributed by atoms with Gasteiger partial charge >= 0.3 is 0 Å². The number of benzene rings is 2. The maximum Gasteiger partial charge on any atom is 0.255 e. The summed E-state index contributed by atoms with van der Waals surface area (Å²) in [5, 5.41) is 67.5. The quantitative estimate of drug-likeness (QED) is 0.0588. The van der Waals surface area contributed by atoms with Crippen molar-refractivity contribution >= 4 is 51.5 Å². The first-order valence-corrected chi connectivity index (χ1v) is 23.0. The first-order valence-electron chi connectivity index (χ1n) is 22.1. The van der Waals surface area contributed by atoms with E-state index in [2.05, 4.69) is 26.0 Å². The van der Waals surface area contributed by atoms with Gasteiger partial charge in [-0.3, -0.25) is 19.2 Å². The minimum absolute atomic E-state index is 0.0118. The monoisotopic (exact) mass is 938 g/mol. The number of hydrogen-bond donors (Lipinski definition) is 11. The van der Waals surface area contributed by atoms with Crippen molar-refractivity contribution in [2.75, 3.05) is 24.1 Å². The summed E-state index contributed by atoms with van der Waals surface area (Å²) >= 11 is 1.20. The molecule has 3 aliphatic rings. The summed E-state index contributed by atoms with van der Waals surface area (Å²) in [5.74, 6) is -3.92. The van der Waals surface area contributed by atoms with Crippen LogP contribution >= 0.6 is 11.3 Å². The number of anilines is 2. The van der Waals surface area contributed by atoms with E-state index in [0.29, 0.717) is 42.3 Å². The number of aliphatic hydroxyl groups excluding tert-OH is 4. The van der Waals surface area contributed by atoms with E-state index in [1.54, 1.807) is 91.0 Å². The van der Waals surface area contributed by atoms with Crippen LogP contribution in [0.25, 0.3) is 5.69 Å². The van der Waals surface area contributed by atoms with E-state index in [1.165, 1.54) is 27.2 Å². The fourth-order valence-corrected chi connectivity index (χ4v) is 9.68. The second-order valence-electron chi connectivity index (χ2n) is 17.2. The SMILES string of the molecule is C[C@@H](NC(=O)[C@H](O)[C@@H](O)C(=O)N1CCC[C@@H]1C(=N)/C=C(\N)CC1[C@H]2C[C@H](c3csc(N)n3)N(C(=O)[C@H](O)[C@@H](O)C(=O)N[C@H](C)c3ccc(N/C=C\CN)cc3)[C@@H]12)c1ccc(-n2cccn2)cc1. The highest BCUT2D eigenvalue weighted by Gasteiger charge is 2.63. The molecular formula is C46H58N12O8S. The van der Waals surface area contributed by atoms with Crippen LogP contribution in [0.1, 0.15) is 74.5 Å². The van der Waals surface area contributed by atoms with Gasteiger partial charge < -0.3 is 68.8 Å². The number of nitrogens with two attached hydrogens (primary N) is 3. The van der Waals surface area contributed by atoms with Crippen molar-refractivity contribution in [2.24, 2.45) is 23.3 Å². The van der Waals surface area contributed by atoms with Gasteiger partial charge in [-0.15, -0.1) is 11.3 Å². The number of allylic oxidation sites excluding steroid dienone is 1. The van der Waals surface area contributed by atoms with Crippen molar-refractivity contribution in [1.82, 2.24) is 35.2 Å². The number of nitrogen functional groups attached to an aromatic ring is 1. The van der Waals surface area contributed by atoms with Crippen LogP contribution in [0.15, 0.2) is 96.4 Å². The molecule has 2 aliphatic heterocycles. The topological polar surface area (TPSA) is 324 Å². The van der Waals surface area contributed by atoms with Crippen molar-refractivity contribution < 1.29 is 39.6 Å². The highest BCUT2D eigenvalue weighted by atomic mass is 32.1. The molecule has 4 aromatic rings. The zero-order chi connectivity index (χ0) is 48.1. The van der Waals surface area contributed by atoms with Crippen LogP contribution in [0.3, 0.4) is 0 Å². The standard InChI is InChI=1S/C46H58N12O8S/c1-24(26-7-11-29(12-8-26)51-16-4-15-47)53-43(64)39(60)41(62)45(66)58-36(34-23-67-46(50)55-34)22-32-31(37(32)58)20-28(48)21-33(49)35-6-3-18-56(35)44(65)40(61)38(59)42(63)54-25(2)27-9-13-30(14-10-27)57-19-5-17-52-57/h4-5,7-14,16-17,19,21,23-25,31-32,35-41,49,51,59-62H,3,6,15,18,20,22,47-48H2,1-2H3,(H2,50,55)(H,53,64)(H,54,63)/b16-4-,28-21-,49-33?/t24-,25-,31?,32-,35-,36-,37+,38-,39-,40-,41-/m1/s1. The van der Waals surface area contributed by atoms with Crippen molar-refractivity contribution in [2.45, 2.75) is 94.2 Å². The largest absolute Gasteiger partial charge is 0.402 e. The van der Waals surface area contributed by atoms with Crippen molar-refractivity contribution in [3.05, 3.63) is 113 Å². The zero-order valence-electron chi connectivity index (χ0n) is 37.1. The summed E-state index contributed by atoms with van der Waals surface area (Å²) in [7, 11) is 0. The molecule has 7 rings (SSSR count). The van der Waals surface area contributed by atoms with E-state index in [-0.39, 0.29) is 30.5 Å². The number of piperidine rings is 1. The fraction of sp³-hybridized carbons (Fsp3) is 0.413. The highest BCUT2D eigenvalue weighted by Crippen LogP contribution is 2.60. The van der Waals surface area contributed by atoms with Crippen LogP contribution < -0.4 is 33.2 Å². The van der Waals surface area contributed by atoms with Gasteiger partial charge in [-0.25, -0.2) is 9.67 Å². The Hall–Kier alpha value is -6.49. The van der Waals surface area contributed by atoms with E-state index in [1.807, 2.05) is 12.1 Å². The summed E-state index contributed by atoms with van der Waals surface area (Å²) in [6, 6.07) is 13.3. The number of aromatic nitrogens is 3. The van der Waals surface area contributed by atoms with E-state index >= 15 is 0 Å². The van der Waals surface area contributed by atoms with Crippen LogP contribution in [0.5, 0.6) is 0 Å². The smallest absolute Gasteiger partial charge is 0.255 e. The Kier molecular flexibility index (Phi) is 15.2. The highest BCUT2D eigenvalue weighted by molar-refractivity contribution is 7.13. The Morgan fingerprint density at radius 2 is 1.55 bits per heavy atom. The number of carbonyl (C=O) groups excluding carboxylic acids is 4. The lowest BCUT2D eigenvalue weighted by molar-refractivity contribution is -0.155. The van der Waals surface area contributed by atoms with Crippen molar-refractivity contribution in [1.29, 1.82) is 5.41 Å². The van der Waals surface area contributed by atoms with E-state index in [0.717, 1.165) is 22.5 Å². The van der Waals surface area contributed by atoms with Gasteiger partial charge in [0.2, 0.25) is 0 Å². The van der Waals surface area contributed by atoms with E-state index in [9.17, 15) is 39.6 Å². The molecular weight excluding hydrogens is 881 g/mol. The lowest BCUT2D eigenvalue weighted by Crippen LogP contribution is -2.53. The second-order valence-corrected chi connectivity index (χ2v) is 18.1. The summed E-state index contributed by atoms with van der Waals surface area (Å²) < 4.78 is 1.68. The minimum atomic E-state index is -2.10. The van der Waals surface area contributed by atoms with Gasteiger partial charge in [0.05, 0.1) is 41.3 Å². The molecule has 21 heteroatoms. The fourth-order valence-electron chi connectivity index (χ4n) is 9.07. The van der Waals surface area contributed by atoms with Crippen LogP contribution in [0.2, 0.25) is 0 Å². The number of hydrogen-bond acceptors (Lipinski definition) is 16. The molecule has 2 aromatic heterocycles. The lowest BCUT2D eigenvalue weighted by Gasteiger charge is -2.31. The number of carbonyl (C=O) groups is 4. The predicted octanol–water partition coefficient (Wildman–Crippen LogP) is 1.13. The number of thiazole rings is 1. The van der Waals surface area contributed by atoms with Gasteiger partial charge in [-0.2, -0.15) is 5.10 Å². The average molecular weight is 939 g/mol. The van der Waals surface area contributed by atoms with Gasteiger partial charge in [0.15, 0.2) is 29.5 Å². The molecule has 2 aromatic carbocycles. The van der Waals surface area contributed by atoms with Crippen molar-refractivity contribution in [3.63, 3.8) is 0 Å². The van der Waals surface area contributed by atoms with Crippen LogP contribution in [-0.4, -0.2) is 124 Å². The minimum Gasteiger partial charge on any atom is -0.402 e. The molecule has 14 N–H and O–H groups in total.